The SMILES string of the molecule is C=C1NC=C(CC(=O)CC(=O)NO)C(=O)N1.C=C1NC=C(CC(=O)CCCCCC(=O)NO)C(=O)N1.O=C(CCCC(=O)NO)Cc1c[nH]c(=O)[nH]c1=O. The molecule has 22 heteroatoms. The third-order valence-electron chi connectivity index (χ3n) is 6.96. The van der Waals surface area contributed by atoms with Crippen molar-refractivity contribution in [1.29, 1.82) is 0 Å². The summed E-state index contributed by atoms with van der Waals surface area (Å²) < 4.78 is 0. The van der Waals surface area contributed by atoms with Crippen molar-refractivity contribution in [3.8, 4) is 0 Å². The number of Topliss-reactive ketones (excluding diaryl/α,β-unsaturated/α-hetero) is 3. The molecule has 0 bridgehead atoms. The predicted octanol–water partition coefficient (Wildman–Crippen LogP) is -1.76. The number of H-pyrrole nitrogens is 2. The largest absolute Gasteiger partial charge is 0.348 e. The van der Waals surface area contributed by atoms with Gasteiger partial charge in [-0.1, -0.05) is 19.6 Å². The monoisotopic (exact) mass is 761 g/mol. The van der Waals surface area contributed by atoms with Crippen LogP contribution in [0.25, 0.3) is 0 Å². The summed E-state index contributed by atoms with van der Waals surface area (Å²) in [6.07, 6.45) is 6.41. The highest BCUT2D eigenvalue weighted by Crippen LogP contribution is 2.11. The highest BCUT2D eigenvalue weighted by Gasteiger charge is 2.20. The number of hydroxylamine groups is 3. The van der Waals surface area contributed by atoms with Gasteiger partial charge in [0.25, 0.3) is 23.3 Å². The summed E-state index contributed by atoms with van der Waals surface area (Å²) in [5.74, 6) is -2.52. The van der Waals surface area contributed by atoms with Crippen molar-refractivity contribution in [1.82, 2.24) is 47.7 Å². The molecule has 294 valence electrons. The van der Waals surface area contributed by atoms with Crippen LogP contribution in [-0.2, 0) is 44.8 Å². The fourth-order valence-corrected chi connectivity index (χ4v) is 4.26. The molecule has 5 amide bonds. The van der Waals surface area contributed by atoms with Gasteiger partial charge in [0.1, 0.15) is 29.0 Å². The molecule has 12 N–H and O–H groups in total. The number of aromatic amines is 2. The Morgan fingerprint density at radius 1 is 0.593 bits per heavy atom. The predicted molar refractivity (Wildman–Crippen MR) is 184 cm³/mol. The minimum Gasteiger partial charge on any atom is -0.348 e. The minimum absolute atomic E-state index is 0.0210. The highest BCUT2D eigenvalue weighted by atomic mass is 16.5. The van der Waals surface area contributed by atoms with E-state index in [9.17, 15) is 47.9 Å². The van der Waals surface area contributed by atoms with E-state index in [0.29, 0.717) is 36.5 Å². The average Bonchev–Trinajstić information content (AvgIpc) is 3.12. The van der Waals surface area contributed by atoms with Crippen LogP contribution in [0.2, 0.25) is 0 Å². The second-order valence-corrected chi connectivity index (χ2v) is 11.4. The van der Waals surface area contributed by atoms with Crippen molar-refractivity contribution in [2.45, 2.75) is 77.0 Å². The lowest BCUT2D eigenvalue weighted by Crippen LogP contribution is -2.35. The molecule has 2 aliphatic heterocycles. The molecule has 0 spiro atoms. The normalized spacial score (nSPS) is 12.9. The molecule has 3 heterocycles. The maximum absolute atomic E-state index is 11.7. The van der Waals surface area contributed by atoms with Gasteiger partial charge in [-0.3, -0.25) is 63.8 Å². The maximum Gasteiger partial charge on any atom is 0.325 e. The Labute approximate surface area is 306 Å². The van der Waals surface area contributed by atoms with Crippen LogP contribution in [0.1, 0.15) is 76.2 Å². The number of nitrogens with one attached hydrogen (secondary N) is 9. The van der Waals surface area contributed by atoms with E-state index in [1.54, 1.807) is 5.48 Å². The molecule has 0 aromatic carbocycles. The van der Waals surface area contributed by atoms with Crippen LogP contribution < -0.4 is 49.0 Å². The quantitative estimate of drug-likeness (QED) is 0.0341. The number of ketones is 3. The molecule has 22 nitrogen and oxygen atoms in total. The molecular weight excluding hydrogens is 718 g/mol. The van der Waals surface area contributed by atoms with E-state index in [4.69, 9.17) is 15.6 Å². The molecule has 0 saturated heterocycles. The molecule has 0 radical (unpaired) electrons. The molecule has 0 aliphatic carbocycles. The van der Waals surface area contributed by atoms with Crippen LogP contribution in [0.3, 0.4) is 0 Å². The Morgan fingerprint density at radius 3 is 1.56 bits per heavy atom. The van der Waals surface area contributed by atoms with Gasteiger partial charge in [-0.2, -0.15) is 0 Å². The number of carbonyl (C=O) groups is 8. The van der Waals surface area contributed by atoms with Crippen molar-refractivity contribution in [3.05, 3.63) is 80.9 Å². The number of hydrogen-bond acceptors (Lipinski definition) is 15. The summed E-state index contributed by atoms with van der Waals surface area (Å²) in [6.45, 7) is 7.02. The minimum atomic E-state index is -0.806. The Hall–Kier alpha value is -6.52. The second kappa shape index (κ2) is 24.6. The van der Waals surface area contributed by atoms with E-state index in [0.717, 1.165) is 6.42 Å². The first-order chi connectivity index (χ1) is 25.6. The summed E-state index contributed by atoms with van der Waals surface area (Å²) >= 11 is 0. The van der Waals surface area contributed by atoms with Gasteiger partial charge in [0, 0.05) is 80.3 Å². The van der Waals surface area contributed by atoms with E-state index in [-0.39, 0.29) is 73.6 Å². The van der Waals surface area contributed by atoms with Crippen LogP contribution in [-0.4, -0.2) is 72.5 Å². The van der Waals surface area contributed by atoms with E-state index < -0.39 is 47.1 Å². The lowest BCUT2D eigenvalue weighted by Gasteiger charge is -2.16. The standard InChI is InChI=1S/C13H19N3O4.C10H13N3O5.C9H11N3O4/c1-9-14-8-10(13(19)15-9)7-11(17)5-3-2-4-6-12(18)16-20;14-7(2-1-3-8(15)13-18)4-6-5-11-10(17)12-9(6)16;1-5-10-4-6(9(15)11-5)2-7(13)3-8(14)12-16/h8,14,20H,1-7H2,(H,15,19)(H,16,18);5,18H,1-4H2,(H,13,15)(H2,11,12,16,17);4,10,16H,1-3H2,(H,11,15)(H,12,14). The fourth-order valence-electron chi connectivity index (χ4n) is 4.26. The molecule has 0 unspecified atom stereocenters. The van der Waals surface area contributed by atoms with Crippen LogP contribution >= 0.6 is 0 Å². The van der Waals surface area contributed by atoms with Gasteiger partial charge >= 0.3 is 5.69 Å². The van der Waals surface area contributed by atoms with Crippen molar-refractivity contribution < 1.29 is 54.0 Å². The van der Waals surface area contributed by atoms with E-state index in [2.05, 4.69) is 39.4 Å². The fraction of sp³-hybridized carbons (Fsp3) is 0.375. The van der Waals surface area contributed by atoms with Crippen LogP contribution in [0.5, 0.6) is 0 Å². The van der Waals surface area contributed by atoms with Gasteiger partial charge in [0.15, 0.2) is 0 Å². The number of rotatable bonds is 18. The Balaban J connectivity index is 0.000000408. The van der Waals surface area contributed by atoms with Crippen LogP contribution in [0.15, 0.2) is 64.1 Å². The van der Waals surface area contributed by atoms with E-state index >= 15 is 0 Å². The van der Waals surface area contributed by atoms with E-state index in [1.807, 2.05) is 4.98 Å². The third kappa shape index (κ3) is 19.2. The van der Waals surface area contributed by atoms with Gasteiger partial charge in [0.2, 0.25) is 11.8 Å². The summed E-state index contributed by atoms with van der Waals surface area (Å²) in [6, 6.07) is 0. The Bertz CT molecular complexity index is 1780. The molecule has 2 aliphatic rings. The van der Waals surface area contributed by atoms with Gasteiger partial charge in [-0.05, 0) is 19.3 Å². The van der Waals surface area contributed by atoms with E-state index in [1.165, 1.54) is 29.6 Å². The molecule has 3 rings (SSSR count). The summed E-state index contributed by atoms with van der Waals surface area (Å²) in [5.41, 5.74) is 3.90. The van der Waals surface area contributed by atoms with Gasteiger partial charge in [-0.25, -0.2) is 21.2 Å². The average molecular weight is 762 g/mol. The summed E-state index contributed by atoms with van der Waals surface area (Å²) in [4.78, 5) is 116. The van der Waals surface area contributed by atoms with Crippen LogP contribution in [0.4, 0.5) is 0 Å². The third-order valence-corrected chi connectivity index (χ3v) is 6.96. The number of hydrogen-bond donors (Lipinski definition) is 12. The maximum atomic E-state index is 11.7. The molecule has 54 heavy (non-hydrogen) atoms. The van der Waals surface area contributed by atoms with Gasteiger partial charge < -0.3 is 26.3 Å². The van der Waals surface area contributed by atoms with Crippen LogP contribution in [0, 0.1) is 0 Å². The first-order valence-electron chi connectivity index (χ1n) is 16.1. The lowest BCUT2D eigenvalue weighted by atomic mass is 10.0. The zero-order valence-electron chi connectivity index (χ0n) is 29.1. The number of unbranched alkanes of at least 4 members (excludes halogenated alkanes) is 2. The van der Waals surface area contributed by atoms with Crippen molar-refractivity contribution in [2.75, 3.05) is 0 Å². The number of carbonyl (C=O) groups excluding carboxylic acids is 8. The molecule has 1 aromatic rings. The van der Waals surface area contributed by atoms with Gasteiger partial charge in [-0.15, -0.1) is 0 Å². The Kier molecular flexibility index (Phi) is 20.8. The first-order valence-corrected chi connectivity index (χ1v) is 16.1. The second-order valence-electron chi connectivity index (χ2n) is 11.4. The molecule has 1 aromatic heterocycles. The first kappa shape index (κ1) is 45.5. The summed E-state index contributed by atoms with van der Waals surface area (Å²) in [7, 11) is 0. The number of amides is 5. The lowest BCUT2D eigenvalue weighted by molar-refractivity contribution is -0.134. The molecular formula is C32H43N9O13. The van der Waals surface area contributed by atoms with Crippen molar-refractivity contribution >= 4 is 46.9 Å². The number of aromatic nitrogens is 2. The van der Waals surface area contributed by atoms with Crippen molar-refractivity contribution in [2.24, 2.45) is 0 Å². The zero-order chi connectivity index (χ0) is 40.6. The zero-order valence-corrected chi connectivity index (χ0v) is 29.1. The molecule has 0 fully saturated rings. The van der Waals surface area contributed by atoms with Gasteiger partial charge in [0.05, 0.1) is 6.42 Å². The summed E-state index contributed by atoms with van der Waals surface area (Å²) in [5, 5.41) is 35.0. The smallest absolute Gasteiger partial charge is 0.325 e. The highest BCUT2D eigenvalue weighted by molar-refractivity contribution is 6.05. The van der Waals surface area contributed by atoms with Crippen molar-refractivity contribution in [3.63, 3.8) is 0 Å². The molecule has 0 atom stereocenters. The topological polar surface area (TPSA) is 347 Å². The molecule has 0 saturated carbocycles. The Morgan fingerprint density at radius 2 is 1.06 bits per heavy atom.